The van der Waals surface area contributed by atoms with Gasteiger partial charge >= 0.3 is 6.18 Å². The van der Waals surface area contributed by atoms with Crippen molar-refractivity contribution in [2.45, 2.75) is 87.1 Å². The second kappa shape index (κ2) is 15.4. The lowest BCUT2D eigenvalue weighted by molar-refractivity contribution is -0.139. The summed E-state index contributed by atoms with van der Waals surface area (Å²) in [7, 11) is -3.56. The molecule has 50 heavy (non-hydrogen) atoms. The van der Waals surface area contributed by atoms with Gasteiger partial charge in [-0.05, 0) is 37.8 Å². The molecule has 6 rings (SSSR count). The molecule has 0 spiro atoms. The molecule has 0 bridgehead atoms. The summed E-state index contributed by atoms with van der Waals surface area (Å²) in [5, 5.41) is 25.9. The van der Waals surface area contributed by atoms with E-state index in [-0.39, 0.29) is 42.9 Å². The zero-order chi connectivity index (χ0) is 35.8. The van der Waals surface area contributed by atoms with Gasteiger partial charge in [0.25, 0.3) is 0 Å². The fraction of sp³-hybridized carbons (Fsp3) is 0.697. The van der Waals surface area contributed by atoms with Crippen LogP contribution in [0.1, 0.15) is 48.9 Å². The summed E-state index contributed by atoms with van der Waals surface area (Å²) >= 11 is 1.09. The van der Waals surface area contributed by atoms with Crippen molar-refractivity contribution >= 4 is 27.7 Å². The molecule has 1 aromatic heterocycles. The standard InChI is InChI=1S/C33H46F4N6O5S2/c1-50(47,48)41-13-8-29-27(21-41)32(22-2-3-28(33(35,36)37)30(16-22)49-15-14-39-9-4-23(34)5-10-39)38-43(29)20-26(45)18-40-11-6-24(7-12-40)42-19-25(44)17-31(42)46/h2-3,16,23-26,44-45H,4-15,17-21H2,1H3. The average molecular weight is 747 g/mol. The van der Waals surface area contributed by atoms with Gasteiger partial charge in [-0.2, -0.15) is 22.6 Å². The number of likely N-dealkylation sites (tertiary alicyclic amines) is 3. The Morgan fingerprint density at radius 1 is 1.04 bits per heavy atom. The molecule has 1 amide bonds. The number of hydrogen-bond acceptors (Lipinski definition) is 9. The molecule has 11 nitrogen and oxygen atoms in total. The van der Waals surface area contributed by atoms with Gasteiger partial charge in [0.15, 0.2) is 0 Å². The number of sulfonamides is 1. The topological polar surface area (TPSA) is 122 Å². The minimum atomic E-state index is -4.58. The molecule has 0 saturated carbocycles. The summed E-state index contributed by atoms with van der Waals surface area (Å²) < 4.78 is 84.0. The van der Waals surface area contributed by atoms with Crippen LogP contribution in [0.15, 0.2) is 23.1 Å². The summed E-state index contributed by atoms with van der Waals surface area (Å²) in [5.41, 5.74) is 1.41. The number of amides is 1. The Balaban J connectivity index is 1.19. The summed E-state index contributed by atoms with van der Waals surface area (Å²) in [6, 6.07) is 3.95. The van der Waals surface area contributed by atoms with Crippen LogP contribution in [0.2, 0.25) is 0 Å². The number of nitrogens with zero attached hydrogens (tertiary/aromatic N) is 6. The fourth-order valence-corrected chi connectivity index (χ4v) is 9.50. The molecule has 1 aromatic carbocycles. The predicted octanol–water partition coefficient (Wildman–Crippen LogP) is 2.83. The molecule has 2 aromatic rings. The SMILES string of the molecule is CS(=O)(=O)N1CCc2c(c(-c3ccc(C(F)(F)F)c(SCCN4CCC(F)CC4)c3)nn2CC(O)CN2CCC(N3CC(O)CC3=O)CC2)C1. The number of aromatic nitrogens is 2. The van der Waals surface area contributed by atoms with Gasteiger partial charge in [0, 0.05) is 98.8 Å². The van der Waals surface area contributed by atoms with Crippen molar-refractivity contribution in [1.82, 2.24) is 28.8 Å². The lowest BCUT2D eigenvalue weighted by Gasteiger charge is -2.37. The van der Waals surface area contributed by atoms with Crippen molar-refractivity contribution in [3.8, 4) is 11.3 Å². The van der Waals surface area contributed by atoms with Crippen LogP contribution in [-0.4, -0.2) is 142 Å². The molecule has 2 atom stereocenters. The van der Waals surface area contributed by atoms with Crippen molar-refractivity contribution in [1.29, 1.82) is 0 Å². The Morgan fingerprint density at radius 2 is 1.74 bits per heavy atom. The van der Waals surface area contributed by atoms with E-state index in [1.807, 2.05) is 0 Å². The van der Waals surface area contributed by atoms with Crippen molar-refractivity contribution in [3.63, 3.8) is 0 Å². The van der Waals surface area contributed by atoms with Gasteiger partial charge in [-0.1, -0.05) is 6.07 Å². The first-order valence-electron chi connectivity index (χ1n) is 17.3. The maximum atomic E-state index is 14.1. The van der Waals surface area contributed by atoms with E-state index >= 15 is 0 Å². The van der Waals surface area contributed by atoms with Crippen molar-refractivity contribution in [2.24, 2.45) is 0 Å². The van der Waals surface area contributed by atoms with Gasteiger partial charge in [0.1, 0.15) is 6.17 Å². The van der Waals surface area contributed by atoms with Crippen LogP contribution in [0, 0.1) is 0 Å². The lowest BCUT2D eigenvalue weighted by atomic mass is 10.0. The normalized spacial score (nSPS) is 23.1. The van der Waals surface area contributed by atoms with Crippen LogP contribution in [-0.2, 0) is 40.5 Å². The van der Waals surface area contributed by atoms with Gasteiger partial charge in [-0.3, -0.25) is 9.48 Å². The van der Waals surface area contributed by atoms with Crippen LogP contribution in [0.3, 0.4) is 0 Å². The minimum Gasteiger partial charge on any atom is -0.391 e. The van der Waals surface area contributed by atoms with Gasteiger partial charge in [-0.15, -0.1) is 11.8 Å². The first-order valence-corrected chi connectivity index (χ1v) is 20.1. The van der Waals surface area contributed by atoms with Crippen molar-refractivity contribution in [2.75, 3.05) is 64.4 Å². The van der Waals surface area contributed by atoms with Crippen LogP contribution in [0.5, 0.6) is 0 Å². The van der Waals surface area contributed by atoms with E-state index < -0.39 is 40.1 Å². The molecule has 17 heteroatoms. The number of hydrogen-bond donors (Lipinski definition) is 2. The number of aliphatic hydroxyl groups is 2. The highest BCUT2D eigenvalue weighted by atomic mass is 32.2. The maximum absolute atomic E-state index is 14.1. The van der Waals surface area contributed by atoms with E-state index in [9.17, 15) is 41.0 Å². The molecule has 2 N–H and O–H groups in total. The highest BCUT2D eigenvalue weighted by molar-refractivity contribution is 7.99. The third kappa shape index (κ3) is 8.84. The Labute approximate surface area is 294 Å². The highest BCUT2D eigenvalue weighted by Gasteiger charge is 2.37. The molecule has 0 radical (unpaired) electrons. The Kier molecular flexibility index (Phi) is 11.5. The van der Waals surface area contributed by atoms with Gasteiger partial charge in [0.05, 0.1) is 42.7 Å². The number of carbonyl (C=O) groups is 1. The van der Waals surface area contributed by atoms with Crippen molar-refractivity contribution < 1.29 is 41.0 Å². The molecule has 4 aliphatic rings. The van der Waals surface area contributed by atoms with Crippen LogP contribution in [0.25, 0.3) is 11.3 Å². The number of aliphatic hydroxyl groups excluding tert-OH is 2. The highest BCUT2D eigenvalue weighted by Crippen LogP contribution is 2.40. The molecule has 3 saturated heterocycles. The van der Waals surface area contributed by atoms with Crippen LogP contribution in [0.4, 0.5) is 17.6 Å². The lowest BCUT2D eigenvalue weighted by Crippen LogP contribution is -2.47. The second-order valence-corrected chi connectivity index (χ2v) is 17.1. The molecular weight excluding hydrogens is 701 g/mol. The number of carbonyl (C=O) groups excluding carboxylic acids is 1. The number of piperidine rings is 2. The number of halogens is 4. The molecule has 5 heterocycles. The number of benzene rings is 1. The first-order chi connectivity index (χ1) is 23.7. The van der Waals surface area contributed by atoms with Crippen molar-refractivity contribution in [3.05, 3.63) is 35.0 Å². The number of alkyl halides is 4. The number of fused-ring (bicyclic) bond motifs is 1. The minimum absolute atomic E-state index is 0.0189. The number of thioether (sulfide) groups is 1. The average Bonchev–Trinajstić information content (AvgIpc) is 3.59. The smallest absolute Gasteiger partial charge is 0.391 e. The predicted molar refractivity (Wildman–Crippen MR) is 181 cm³/mol. The van der Waals surface area contributed by atoms with Crippen LogP contribution < -0.4 is 0 Å². The Hall–Kier alpha value is -2.28. The fourth-order valence-electron chi connectivity index (χ4n) is 7.60. The van der Waals surface area contributed by atoms with E-state index in [1.54, 1.807) is 9.58 Å². The van der Waals surface area contributed by atoms with E-state index in [4.69, 9.17) is 5.10 Å². The molecule has 4 aliphatic heterocycles. The summed E-state index contributed by atoms with van der Waals surface area (Å²) in [6.45, 7) is 4.09. The summed E-state index contributed by atoms with van der Waals surface area (Å²) in [6.07, 6.45) is -2.93. The number of rotatable bonds is 11. The molecule has 278 valence electrons. The molecule has 2 unspecified atom stereocenters. The monoisotopic (exact) mass is 746 g/mol. The zero-order valence-corrected chi connectivity index (χ0v) is 29.8. The van der Waals surface area contributed by atoms with E-state index in [2.05, 4.69) is 9.80 Å². The largest absolute Gasteiger partial charge is 0.417 e. The third-order valence-corrected chi connectivity index (χ3v) is 12.6. The van der Waals surface area contributed by atoms with Crippen LogP contribution >= 0.6 is 11.8 Å². The van der Waals surface area contributed by atoms with Gasteiger partial charge in [-0.25, -0.2) is 12.8 Å². The second-order valence-electron chi connectivity index (χ2n) is 14.0. The van der Waals surface area contributed by atoms with E-state index in [1.165, 1.54) is 16.4 Å². The number of β-amino-alcohol motifs (C(OH)–C–C–N with tert-alkyl or cyclic N) is 2. The Bertz CT molecular complexity index is 1630. The summed E-state index contributed by atoms with van der Waals surface area (Å²) in [4.78, 5) is 18.2. The van der Waals surface area contributed by atoms with Gasteiger partial charge in [0.2, 0.25) is 15.9 Å². The summed E-state index contributed by atoms with van der Waals surface area (Å²) in [5.74, 6) is 0.357. The molecular formula is C33H46F4N6O5S2. The van der Waals surface area contributed by atoms with E-state index in [0.717, 1.165) is 42.6 Å². The maximum Gasteiger partial charge on any atom is 0.417 e. The zero-order valence-electron chi connectivity index (χ0n) is 28.2. The molecule has 3 fully saturated rings. The Morgan fingerprint density at radius 3 is 2.38 bits per heavy atom. The third-order valence-electron chi connectivity index (χ3n) is 10.3. The van der Waals surface area contributed by atoms with Gasteiger partial charge < -0.3 is 24.9 Å². The quantitative estimate of drug-likeness (QED) is 0.264. The van der Waals surface area contributed by atoms with E-state index in [0.29, 0.717) is 87.6 Å². The first kappa shape index (κ1) is 37.5. The molecule has 0 aliphatic carbocycles.